The first kappa shape index (κ1) is 19.8. The lowest BCUT2D eigenvalue weighted by atomic mass is 10.2. The van der Waals surface area contributed by atoms with Crippen LogP contribution >= 0.6 is 11.3 Å². The lowest BCUT2D eigenvalue weighted by Gasteiger charge is -2.18. The Balaban J connectivity index is 1.70. The van der Waals surface area contributed by atoms with Crippen LogP contribution in [-0.2, 0) is 16.1 Å². The summed E-state index contributed by atoms with van der Waals surface area (Å²) in [5.74, 6) is 1.40. The van der Waals surface area contributed by atoms with Crippen LogP contribution in [0.4, 0.5) is 0 Å². The normalized spacial score (nSPS) is 11.1. The number of aromatic nitrogens is 2. The minimum Gasteiger partial charge on any atom is -0.497 e. The Hall–Kier alpha value is -2.97. The lowest BCUT2D eigenvalue weighted by molar-refractivity contribution is -0.127. The van der Waals surface area contributed by atoms with Gasteiger partial charge in [0.05, 0.1) is 25.1 Å². The Morgan fingerprint density at radius 1 is 1.25 bits per heavy atom. The molecule has 0 N–H and O–H groups in total. The van der Waals surface area contributed by atoms with E-state index in [0.29, 0.717) is 24.9 Å². The van der Waals surface area contributed by atoms with Crippen LogP contribution in [0.5, 0.6) is 5.75 Å². The third-order valence-electron chi connectivity index (χ3n) is 3.91. The van der Waals surface area contributed by atoms with Crippen molar-refractivity contribution in [3.8, 4) is 16.5 Å². The van der Waals surface area contributed by atoms with Crippen LogP contribution in [-0.4, -0.2) is 48.4 Å². The summed E-state index contributed by atoms with van der Waals surface area (Å²) in [7, 11) is 3.20. The van der Waals surface area contributed by atoms with E-state index in [9.17, 15) is 4.79 Å². The number of hydrogen-bond acceptors (Lipinski definition) is 7. The Kier molecular flexibility index (Phi) is 6.94. The first-order chi connectivity index (χ1) is 13.7. The molecule has 0 unspecified atom stereocenters. The van der Waals surface area contributed by atoms with Crippen molar-refractivity contribution < 1.29 is 18.7 Å². The van der Waals surface area contributed by atoms with Crippen LogP contribution in [0.3, 0.4) is 0 Å². The number of ether oxygens (including phenoxy) is 2. The molecule has 0 saturated carbocycles. The summed E-state index contributed by atoms with van der Waals surface area (Å²) in [6.45, 7) is 1.03. The molecule has 0 aliphatic carbocycles. The third kappa shape index (κ3) is 5.28. The van der Waals surface area contributed by atoms with Gasteiger partial charge < -0.3 is 18.8 Å². The predicted octanol–water partition coefficient (Wildman–Crippen LogP) is 3.50. The Bertz CT molecular complexity index is 921. The van der Waals surface area contributed by atoms with Crippen molar-refractivity contribution in [2.45, 2.75) is 6.54 Å². The van der Waals surface area contributed by atoms with E-state index >= 15 is 0 Å². The van der Waals surface area contributed by atoms with Gasteiger partial charge in [-0.3, -0.25) is 4.79 Å². The fraction of sp³-hybridized carbons (Fsp3) is 0.250. The number of thiophene rings is 1. The van der Waals surface area contributed by atoms with E-state index in [1.165, 1.54) is 17.4 Å². The molecule has 0 saturated heterocycles. The molecule has 0 bridgehead atoms. The fourth-order valence-electron chi connectivity index (χ4n) is 2.47. The van der Waals surface area contributed by atoms with E-state index in [2.05, 4.69) is 10.2 Å². The highest BCUT2D eigenvalue weighted by Gasteiger charge is 2.16. The molecular formula is C20H21N3O4S. The Morgan fingerprint density at radius 2 is 2.14 bits per heavy atom. The average Bonchev–Trinajstić information content (AvgIpc) is 3.41. The van der Waals surface area contributed by atoms with Crippen molar-refractivity contribution in [3.05, 3.63) is 59.3 Å². The molecule has 2 heterocycles. The van der Waals surface area contributed by atoms with E-state index in [1.54, 1.807) is 25.2 Å². The molecule has 3 aromatic rings. The maximum absolute atomic E-state index is 12.7. The number of rotatable bonds is 9. The van der Waals surface area contributed by atoms with Crippen molar-refractivity contribution in [1.29, 1.82) is 0 Å². The van der Waals surface area contributed by atoms with Crippen molar-refractivity contribution >= 4 is 23.3 Å². The highest BCUT2D eigenvalue weighted by atomic mass is 32.1. The topological polar surface area (TPSA) is 77.7 Å². The van der Waals surface area contributed by atoms with Gasteiger partial charge in [0.15, 0.2) is 0 Å². The molecule has 1 amide bonds. The predicted molar refractivity (Wildman–Crippen MR) is 107 cm³/mol. The van der Waals surface area contributed by atoms with Crippen molar-refractivity contribution in [1.82, 2.24) is 15.1 Å². The number of hydrogen-bond donors (Lipinski definition) is 0. The zero-order valence-corrected chi connectivity index (χ0v) is 16.5. The molecular weight excluding hydrogens is 378 g/mol. The molecule has 0 spiro atoms. The zero-order valence-electron chi connectivity index (χ0n) is 15.7. The number of carbonyl (C=O) groups excluding carboxylic acids is 1. The molecule has 0 fully saturated rings. The van der Waals surface area contributed by atoms with E-state index in [4.69, 9.17) is 13.9 Å². The first-order valence-corrected chi connectivity index (χ1v) is 9.54. The van der Waals surface area contributed by atoms with E-state index in [0.717, 1.165) is 16.2 Å². The van der Waals surface area contributed by atoms with Gasteiger partial charge in [0.25, 0.3) is 5.89 Å². The molecule has 0 radical (unpaired) electrons. The summed E-state index contributed by atoms with van der Waals surface area (Å²) in [6, 6.07) is 11.3. The van der Waals surface area contributed by atoms with E-state index in [1.807, 2.05) is 41.8 Å². The van der Waals surface area contributed by atoms with Gasteiger partial charge in [0.2, 0.25) is 11.8 Å². The van der Waals surface area contributed by atoms with Gasteiger partial charge in [-0.15, -0.1) is 21.5 Å². The SMILES string of the molecule is COCCN(Cc1nnc(-c2cccs2)o1)C(=O)/C=C/c1cccc(OC)c1. The lowest BCUT2D eigenvalue weighted by Crippen LogP contribution is -2.32. The van der Waals surface area contributed by atoms with Gasteiger partial charge in [-0.1, -0.05) is 18.2 Å². The summed E-state index contributed by atoms with van der Waals surface area (Å²) in [6.07, 6.45) is 3.26. The minimum absolute atomic E-state index is 0.171. The molecule has 8 heteroatoms. The monoisotopic (exact) mass is 399 g/mol. The smallest absolute Gasteiger partial charge is 0.257 e. The quantitative estimate of drug-likeness (QED) is 0.513. The van der Waals surface area contributed by atoms with E-state index < -0.39 is 0 Å². The molecule has 146 valence electrons. The van der Waals surface area contributed by atoms with Crippen LogP contribution in [0.2, 0.25) is 0 Å². The number of methoxy groups -OCH3 is 2. The molecule has 7 nitrogen and oxygen atoms in total. The van der Waals surface area contributed by atoms with Gasteiger partial charge in [-0.05, 0) is 35.2 Å². The molecule has 1 aromatic carbocycles. The first-order valence-electron chi connectivity index (χ1n) is 8.66. The molecule has 0 aliphatic heterocycles. The maximum Gasteiger partial charge on any atom is 0.257 e. The van der Waals surface area contributed by atoms with Gasteiger partial charge in [0, 0.05) is 19.7 Å². The second-order valence-corrected chi connectivity index (χ2v) is 6.79. The van der Waals surface area contributed by atoms with Crippen molar-refractivity contribution in [3.63, 3.8) is 0 Å². The minimum atomic E-state index is -0.171. The van der Waals surface area contributed by atoms with Crippen LogP contribution in [0, 0.1) is 0 Å². The van der Waals surface area contributed by atoms with Crippen molar-refractivity contribution in [2.75, 3.05) is 27.4 Å². The number of nitrogens with zero attached hydrogens (tertiary/aromatic N) is 3. The summed E-state index contributed by atoms with van der Waals surface area (Å²) in [4.78, 5) is 15.2. The summed E-state index contributed by atoms with van der Waals surface area (Å²) < 4.78 is 16.0. The van der Waals surface area contributed by atoms with Crippen LogP contribution < -0.4 is 4.74 Å². The van der Waals surface area contributed by atoms with Crippen LogP contribution in [0.1, 0.15) is 11.5 Å². The second-order valence-electron chi connectivity index (χ2n) is 5.84. The Labute approximate surface area is 167 Å². The third-order valence-corrected chi connectivity index (χ3v) is 4.77. The summed E-state index contributed by atoms with van der Waals surface area (Å²) in [5, 5.41) is 10.1. The number of benzene rings is 1. The highest BCUT2D eigenvalue weighted by molar-refractivity contribution is 7.13. The Morgan fingerprint density at radius 3 is 2.89 bits per heavy atom. The molecule has 0 atom stereocenters. The van der Waals surface area contributed by atoms with Crippen LogP contribution in [0.25, 0.3) is 16.8 Å². The number of carbonyl (C=O) groups is 1. The summed E-state index contributed by atoms with van der Waals surface area (Å²) >= 11 is 1.52. The molecule has 28 heavy (non-hydrogen) atoms. The molecule has 2 aromatic heterocycles. The largest absolute Gasteiger partial charge is 0.497 e. The molecule has 0 aliphatic rings. The standard InChI is InChI=1S/C20H21N3O4S/c1-25-11-10-23(14-18-21-22-20(27-18)17-7-4-12-28-17)19(24)9-8-15-5-3-6-16(13-15)26-2/h3-9,12-13H,10-11,14H2,1-2H3/b9-8+. The maximum atomic E-state index is 12.7. The average molecular weight is 399 g/mol. The van der Waals surface area contributed by atoms with Gasteiger partial charge in [-0.25, -0.2) is 0 Å². The van der Waals surface area contributed by atoms with Crippen LogP contribution in [0.15, 0.2) is 52.3 Å². The van der Waals surface area contributed by atoms with Gasteiger partial charge >= 0.3 is 0 Å². The van der Waals surface area contributed by atoms with Gasteiger partial charge in [-0.2, -0.15) is 0 Å². The molecule has 3 rings (SSSR count). The zero-order chi connectivity index (χ0) is 19.8. The highest BCUT2D eigenvalue weighted by Crippen LogP contribution is 2.23. The fourth-order valence-corrected chi connectivity index (χ4v) is 3.11. The van der Waals surface area contributed by atoms with E-state index in [-0.39, 0.29) is 12.5 Å². The van der Waals surface area contributed by atoms with Gasteiger partial charge in [0.1, 0.15) is 5.75 Å². The van der Waals surface area contributed by atoms with Crippen molar-refractivity contribution in [2.24, 2.45) is 0 Å². The second kappa shape index (κ2) is 9.82. The number of amides is 1. The summed E-state index contributed by atoms with van der Waals surface area (Å²) in [5.41, 5.74) is 0.872.